The molecule has 0 aliphatic carbocycles. The molecule has 0 radical (unpaired) electrons. The summed E-state index contributed by atoms with van der Waals surface area (Å²) >= 11 is 5.75. The summed E-state index contributed by atoms with van der Waals surface area (Å²) < 4.78 is 0. The number of phenolic OH excluding ortho intramolecular Hbond substituents is 1. The highest BCUT2D eigenvalue weighted by Gasteiger charge is 2.22. The second-order valence-electron chi connectivity index (χ2n) is 4.00. The maximum atomic E-state index is 12.0. The molecular weight excluding hydrogens is 242 g/mol. The largest absolute Gasteiger partial charge is 0.506 e. The summed E-state index contributed by atoms with van der Waals surface area (Å²) in [6.45, 7) is 0.909. The minimum atomic E-state index is -0.153. The van der Waals surface area contributed by atoms with Crippen LogP contribution in [-0.4, -0.2) is 34.8 Å². The molecule has 17 heavy (non-hydrogen) atoms. The van der Waals surface area contributed by atoms with Gasteiger partial charge in [-0.15, -0.1) is 0 Å². The molecule has 1 heterocycles. The molecule has 90 valence electrons. The number of halogens is 1. The molecule has 0 bridgehead atoms. The Labute approximate surface area is 104 Å². The zero-order valence-corrected chi connectivity index (χ0v) is 9.91. The number of rotatable bonds is 1. The molecule has 1 fully saturated rings. The first-order chi connectivity index (χ1) is 8.08. The monoisotopic (exact) mass is 253 g/mol. The van der Waals surface area contributed by atoms with Gasteiger partial charge in [-0.2, -0.15) is 0 Å². The van der Waals surface area contributed by atoms with Gasteiger partial charge in [0.15, 0.2) is 0 Å². The van der Waals surface area contributed by atoms with Crippen LogP contribution in [0.4, 0.5) is 0 Å². The number of likely N-dealkylation sites (tertiary alicyclic amines) is 1. The molecule has 0 spiro atoms. The fraction of sp³-hybridized carbons (Fsp3) is 0.333. The number of carbonyl (C=O) groups is 2. The molecule has 0 aromatic heterocycles. The van der Waals surface area contributed by atoms with E-state index in [1.807, 2.05) is 0 Å². The Morgan fingerprint density at radius 2 is 1.94 bits per heavy atom. The lowest BCUT2D eigenvalue weighted by Gasteiger charge is -2.26. The number of benzene rings is 1. The van der Waals surface area contributed by atoms with Crippen molar-refractivity contribution < 1.29 is 14.7 Å². The Hall–Kier alpha value is -1.55. The molecule has 0 atom stereocenters. The summed E-state index contributed by atoms with van der Waals surface area (Å²) in [5.74, 6) is -0.00535. The maximum Gasteiger partial charge on any atom is 0.253 e. The predicted octanol–water partition coefficient (Wildman–Crippen LogP) is 1.85. The number of aromatic hydroxyl groups is 1. The Morgan fingerprint density at radius 1 is 1.29 bits per heavy atom. The van der Waals surface area contributed by atoms with Gasteiger partial charge in [0.05, 0.1) is 5.02 Å². The normalized spacial score (nSPS) is 16.1. The highest BCUT2D eigenvalue weighted by molar-refractivity contribution is 6.32. The van der Waals surface area contributed by atoms with Crippen molar-refractivity contribution in [2.24, 2.45) is 0 Å². The minimum absolute atomic E-state index is 0.0444. The molecule has 2 rings (SSSR count). The zero-order valence-electron chi connectivity index (χ0n) is 9.15. The first-order valence-electron chi connectivity index (χ1n) is 5.37. The van der Waals surface area contributed by atoms with Crippen LogP contribution < -0.4 is 0 Å². The van der Waals surface area contributed by atoms with Gasteiger partial charge in [-0.25, -0.2) is 0 Å². The van der Waals surface area contributed by atoms with E-state index in [1.54, 1.807) is 4.90 Å². The van der Waals surface area contributed by atoms with Crippen molar-refractivity contribution in [2.45, 2.75) is 12.8 Å². The van der Waals surface area contributed by atoms with Crippen LogP contribution >= 0.6 is 11.6 Å². The van der Waals surface area contributed by atoms with Gasteiger partial charge >= 0.3 is 0 Å². The number of piperidine rings is 1. The van der Waals surface area contributed by atoms with Gasteiger partial charge in [-0.1, -0.05) is 11.6 Å². The summed E-state index contributed by atoms with van der Waals surface area (Å²) in [5.41, 5.74) is 0.433. The molecule has 1 N–H and O–H groups in total. The molecular formula is C12H12ClNO3. The van der Waals surface area contributed by atoms with E-state index in [9.17, 15) is 14.7 Å². The van der Waals surface area contributed by atoms with Crippen LogP contribution in [0.3, 0.4) is 0 Å². The van der Waals surface area contributed by atoms with Gasteiger partial charge in [0, 0.05) is 31.5 Å². The van der Waals surface area contributed by atoms with Gasteiger partial charge in [0.25, 0.3) is 5.91 Å². The number of hydrogen-bond donors (Lipinski definition) is 1. The zero-order chi connectivity index (χ0) is 12.4. The lowest BCUT2D eigenvalue weighted by atomic mass is 10.1. The summed E-state index contributed by atoms with van der Waals surface area (Å²) in [5, 5.41) is 9.43. The van der Waals surface area contributed by atoms with E-state index in [4.69, 9.17) is 11.6 Å². The number of Topliss-reactive ketones (excluding diaryl/α,β-unsaturated/α-hetero) is 1. The van der Waals surface area contributed by atoms with Gasteiger partial charge in [0.2, 0.25) is 0 Å². The molecule has 4 nitrogen and oxygen atoms in total. The number of nitrogens with zero attached hydrogens (tertiary/aromatic N) is 1. The van der Waals surface area contributed by atoms with Gasteiger partial charge in [0.1, 0.15) is 11.5 Å². The van der Waals surface area contributed by atoms with Crippen LogP contribution in [0.2, 0.25) is 5.02 Å². The summed E-state index contributed by atoms with van der Waals surface area (Å²) in [6.07, 6.45) is 0.828. The summed E-state index contributed by atoms with van der Waals surface area (Å²) in [6, 6.07) is 4.36. The molecule has 0 unspecified atom stereocenters. The van der Waals surface area contributed by atoms with E-state index in [0.29, 0.717) is 31.5 Å². The number of ketones is 1. The molecule has 0 saturated carbocycles. The number of carbonyl (C=O) groups excluding carboxylic acids is 2. The van der Waals surface area contributed by atoms with E-state index in [0.717, 1.165) is 0 Å². The third-order valence-electron chi connectivity index (χ3n) is 2.80. The predicted molar refractivity (Wildman–Crippen MR) is 63.3 cm³/mol. The first kappa shape index (κ1) is 11.9. The lowest BCUT2D eigenvalue weighted by molar-refractivity contribution is -0.120. The number of amides is 1. The van der Waals surface area contributed by atoms with Crippen molar-refractivity contribution in [3.05, 3.63) is 28.8 Å². The van der Waals surface area contributed by atoms with E-state index >= 15 is 0 Å². The third-order valence-corrected chi connectivity index (χ3v) is 3.11. The van der Waals surface area contributed by atoms with E-state index in [2.05, 4.69) is 0 Å². The fourth-order valence-electron chi connectivity index (χ4n) is 1.78. The number of hydrogen-bond acceptors (Lipinski definition) is 3. The molecule has 1 aliphatic rings. The highest BCUT2D eigenvalue weighted by Crippen LogP contribution is 2.24. The van der Waals surface area contributed by atoms with Gasteiger partial charge in [-0.05, 0) is 18.2 Å². The Morgan fingerprint density at radius 3 is 2.53 bits per heavy atom. The lowest BCUT2D eigenvalue weighted by Crippen LogP contribution is -2.38. The van der Waals surface area contributed by atoms with Crippen molar-refractivity contribution in [3.63, 3.8) is 0 Å². The van der Waals surface area contributed by atoms with Crippen LogP contribution in [0.5, 0.6) is 5.75 Å². The first-order valence-corrected chi connectivity index (χ1v) is 5.75. The van der Waals surface area contributed by atoms with Crippen LogP contribution in [0.25, 0.3) is 0 Å². The Bertz CT molecular complexity index is 463. The Balaban J connectivity index is 2.14. The topological polar surface area (TPSA) is 57.6 Å². The van der Waals surface area contributed by atoms with E-state index in [-0.39, 0.29) is 22.5 Å². The third kappa shape index (κ3) is 2.58. The number of phenols is 1. The smallest absolute Gasteiger partial charge is 0.253 e. The van der Waals surface area contributed by atoms with Crippen molar-refractivity contribution in [3.8, 4) is 5.75 Å². The second kappa shape index (κ2) is 4.75. The van der Waals surface area contributed by atoms with Gasteiger partial charge < -0.3 is 10.0 Å². The van der Waals surface area contributed by atoms with Crippen molar-refractivity contribution in [1.82, 2.24) is 4.90 Å². The van der Waals surface area contributed by atoms with Crippen LogP contribution in [0.15, 0.2) is 18.2 Å². The fourth-order valence-corrected chi connectivity index (χ4v) is 1.96. The van der Waals surface area contributed by atoms with Crippen LogP contribution in [0.1, 0.15) is 23.2 Å². The Kier molecular flexibility index (Phi) is 3.33. The van der Waals surface area contributed by atoms with Crippen LogP contribution in [0, 0.1) is 0 Å². The second-order valence-corrected chi connectivity index (χ2v) is 4.40. The molecule has 1 saturated heterocycles. The van der Waals surface area contributed by atoms with Crippen molar-refractivity contribution >= 4 is 23.3 Å². The SMILES string of the molecule is O=C1CCN(C(=O)c2ccc(O)c(Cl)c2)CC1. The molecule has 1 aliphatic heterocycles. The summed E-state index contributed by atoms with van der Waals surface area (Å²) in [7, 11) is 0. The average Bonchev–Trinajstić information content (AvgIpc) is 2.33. The molecule has 1 aromatic rings. The molecule has 1 amide bonds. The minimum Gasteiger partial charge on any atom is -0.506 e. The summed E-state index contributed by atoms with van der Waals surface area (Å²) in [4.78, 5) is 24.7. The quantitative estimate of drug-likeness (QED) is 0.831. The van der Waals surface area contributed by atoms with E-state index in [1.165, 1.54) is 18.2 Å². The highest BCUT2D eigenvalue weighted by atomic mass is 35.5. The standard InChI is InChI=1S/C12H12ClNO3/c13-10-7-8(1-2-11(10)16)12(17)14-5-3-9(15)4-6-14/h1-2,7,16H,3-6H2. The molecule has 5 heteroatoms. The van der Waals surface area contributed by atoms with Gasteiger partial charge in [-0.3, -0.25) is 9.59 Å². The maximum absolute atomic E-state index is 12.0. The molecule has 1 aromatic carbocycles. The van der Waals surface area contributed by atoms with Crippen molar-refractivity contribution in [2.75, 3.05) is 13.1 Å². The average molecular weight is 254 g/mol. The van der Waals surface area contributed by atoms with Crippen molar-refractivity contribution in [1.29, 1.82) is 0 Å². The van der Waals surface area contributed by atoms with Crippen LogP contribution in [-0.2, 0) is 4.79 Å². The van der Waals surface area contributed by atoms with E-state index < -0.39 is 0 Å².